The number of aromatic nitrogens is 5. The molecule has 4 rings (SSSR count). The Morgan fingerprint density at radius 3 is 2.82 bits per heavy atom. The Labute approximate surface area is 205 Å². The molecule has 0 aliphatic carbocycles. The molecule has 10 heteroatoms. The first kappa shape index (κ1) is 23.4. The quantitative estimate of drug-likeness (QED) is 0.224. The second kappa shape index (κ2) is 11.4. The number of nitrogens with zero attached hydrogens (tertiary/aromatic N) is 5. The molecule has 0 atom stereocenters. The van der Waals surface area contributed by atoms with E-state index in [0.29, 0.717) is 34.0 Å². The van der Waals surface area contributed by atoms with Gasteiger partial charge in [0.25, 0.3) is 5.91 Å². The van der Waals surface area contributed by atoms with Gasteiger partial charge in [-0.2, -0.15) is 0 Å². The maximum Gasteiger partial charge on any atom is 0.270 e. The molecular weight excluding hydrogens is 476 g/mol. The van der Waals surface area contributed by atoms with Gasteiger partial charge in [-0.25, -0.2) is 4.98 Å². The standard InChI is InChI=1S/C23H23ClN6OS2/c1-2-3-4-10-26-22(31)19-14-32-20(27-19)15-33-23-29-28-21(16-8-11-25-12-9-16)30(23)18-7-5-6-17(24)13-18/h5-9,11-14H,2-4,10,15H2,1H3,(H,26,31). The van der Waals surface area contributed by atoms with E-state index in [1.165, 1.54) is 23.1 Å². The summed E-state index contributed by atoms with van der Waals surface area (Å²) in [5.41, 5.74) is 2.23. The first-order valence-electron chi connectivity index (χ1n) is 10.6. The van der Waals surface area contributed by atoms with E-state index in [0.717, 1.165) is 35.5 Å². The summed E-state index contributed by atoms with van der Waals surface area (Å²) in [6, 6.07) is 11.4. The predicted molar refractivity (Wildman–Crippen MR) is 133 cm³/mol. The molecule has 4 aromatic rings. The SMILES string of the molecule is CCCCCNC(=O)c1csc(CSc2nnc(-c3ccncc3)n2-c2cccc(Cl)c2)n1. The average molecular weight is 499 g/mol. The maximum atomic E-state index is 12.3. The molecule has 3 heterocycles. The number of rotatable bonds is 10. The van der Waals surface area contributed by atoms with Crippen molar-refractivity contribution in [3.8, 4) is 17.1 Å². The third-order valence-corrected chi connectivity index (χ3v) is 7.02. The summed E-state index contributed by atoms with van der Waals surface area (Å²) < 4.78 is 1.97. The molecule has 0 spiro atoms. The molecule has 0 aliphatic heterocycles. The fraction of sp³-hybridized carbons (Fsp3) is 0.261. The number of unbranched alkanes of at least 4 members (excludes halogenated alkanes) is 2. The van der Waals surface area contributed by atoms with Crippen molar-refractivity contribution < 1.29 is 4.79 Å². The fourth-order valence-corrected chi connectivity index (χ4v) is 5.10. The van der Waals surface area contributed by atoms with Gasteiger partial charge in [-0.3, -0.25) is 14.3 Å². The van der Waals surface area contributed by atoms with Gasteiger partial charge in [0.15, 0.2) is 11.0 Å². The van der Waals surface area contributed by atoms with Gasteiger partial charge in [0.1, 0.15) is 10.7 Å². The zero-order chi connectivity index (χ0) is 23.0. The Morgan fingerprint density at radius 1 is 1.18 bits per heavy atom. The van der Waals surface area contributed by atoms with Crippen LogP contribution in [0.4, 0.5) is 0 Å². The highest BCUT2D eigenvalue weighted by atomic mass is 35.5. The Bertz CT molecular complexity index is 1210. The number of benzene rings is 1. The van der Waals surface area contributed by atoms with Crippen LogP contribution in [0.2, 0.25) is 5.02 Å². The van der Waals surface area contributed by atoms with Crippen LogP contribution in [0.3, 0.4) is 0 Å². The molecule has 1 amide bonds. The number of hydrogen-bond acceptors (Lipinski definition) is 7. The summed E-state index contributed by atoms with van der Waals surface area (Å²) in [5.74, 6) is 1.15. The van der Waals surface area contributed by atoms with E-state index < -0.39 is 0 Å². The van der Waals surface area contributed by atoms with E-state index >= 15 is 0 Å². The highest BCUT2D eigenvalue weighted by molar-refractivity contribution is 7.98. The maximum absolute atomic E-state index is 12.3. The lowest BCUT2D eigenvalue weighted by Crippen LogP contribution is -2.24. The van der Waals surface area contributed by atoms with Gasteiger partial charge < -0.3 is 5.32 Å². The van der Waals surface area contributed by atoms with Gasteiger partial charge in [0, 0.05) is 34.9 Å². The number of thioether (sulfide) groups is 1. The van der Waals surface area contributed by atoms with Crippen molar-refractivity contribution in [1.29, 1.82) is 0 Å². The minimum absolute atomic E-state index is 0.124. The van der Waals surface area contributed by atoms with Crippen LogP contribution in [0.15, 0.2) is 59.3 Å². The Morgan fingerprint density at radius 2 is 2.03 bits per heavy atom. The van der Waals surface area contributed by atoms with Crippen molar-refractivity contribution >= 4 is 40.6 Å². The number of amides is 1. The van der Waals surface area contributed by atoms with Gasteiger partial charge >= 0.3 is 0 Å². The molecule has 33 heavy (non-hydrogen) atoms. The normalized spacial score (nSPS) is 11.0. The zero-order valence-electron chi connectivity index (χ0n) is 18.1. The predicted octanol–water partition coefficient (Wildman–Crippen LogP) is 5.65. The first-order chi connectivity index (χ1) is 16.2. The molecule has 0 fully saturated rings. The molecule has 0 aliphatic rings. The van der Waals surface area contributed by atoms with E-state index in [1.54, 1.807) is 17.8 Å². The number of hydrogen-bond donors (Lipinski definition) is 1. The second-order valence-corrected chi connectivity index (χ2v) is 9.56. The third-order valence-electron chi connectivity index (χ3n) is 4.81. The number of nitrogens with one attached hydrogen (secondary N) is 1. The van der Waals surface area contributed by atoms with Gasteiger partial charge in [0.05, 0.1) is 11.4 Å². The van der Waals surface area contributed by atoms with Crippen LogP contribution in [-0.4, -0.2) is 37.2 Å². The van der Waals surface area contributed by atoms with Crippen LogP contribution in [0.5, 0.6) is 0 Å². The average Bonchev–Trinajstić information content (AvgIpc) is 3.48. The lowest BCUT2D eigenvalue weighted by Gasteiger charge is -2.10. The van der Waals surface area contributed by atoms with Crippen molar-refractivity contribution in [2.75, 3.05) is 6.54 Å². The van der Waals surface area contributed by atoms with E-state index in [4.69, 9.17) is 11.6 Å². The lowest BCUT2D eigenvalue weighted by atomic mass is 10.2. The van der Waals surface area contributed by atoms with Crippen molar-refractivity contribution in [2.45, 2.75) is 37.1 Å². The number of thiazole rings is 1. The minimum Gasteiger partial charge on any atom is -0.351 e. The van der Waals surface area contributed by atoms with Crippen molar-refractivity contribution in [2.24, 2.45) is 0 Å². The monoisotopic (exact) mass is 498 g/mol. The van der Waals surface area contributed by atoms with Crippen LogP contribution in [0.1, 0.15) is 41.7 Å². The molecule has 0 bridgehead atoms. The smallest absolute Gasteiger partial charge is 0.270 e. The van der Waals surface area contributed by atoms with Gasteiger partial charge in [0.2, 0.25) is 0 Å². The summed E-state index contributed by atoms with van der Waals surface area (Å²) in [5, 5.41) is 15.8. The number of halogens is 1. The van der Waals surface area contributed by atoms with E-state index in [2.05, 4.69) is 32.4 Å². The summed E-state index contributed by atoms with van der Waals surface area (Å²) in [7, 11) is 0. The molecule has 7 nitrogen and oxygen atoms in total. The highest BCUT2D eigenvalue weighted by Gasteiger charge is 2.18. The number of carbonyl (C=O) groups is 1. The molecule has 170 valence electrons. The van der Waals surface area contributed by atoms with Gasteiger partial charge in [-0.1, -0.05) is 49.2 Å². The van der Waals surface area contributed by atoms with Crippen LogP contribution in [0.25, 0.3) is 17.1 Å². The van der Waals surface area contributed by atoms with Gasteiger partial charge in [-0.15, -0.1) is 21.5 Å². The number of pyridine rings is 1. The van der Waals surface area contributed by atoms with Crippen LogP contribution < -0.4 is 5.32 Å². The summed E-state index contributed by atoms with van der Waals surface area (Å²) in [6.07, 6.45) is 6.66. The third kappa shape index (κ3) is 5.98. The van der Waals surface area contributed by atoms with Crippen molar-refractivity contribution in [3.05, 3.63) is 69.9 Å². The molecule has 0 unspecified atom stereocenters. The Kier molecular flexibility index (Phi) is 8.09. The van der Waals surface area contributed by atoms with E-state index in [-0.39, 0.29) is 5.91 Å². The molecular formula is C23H23ClN6OS2. The second-order valence-electron chi connectivity index (χ2n) is 7.24. The van der Waals surface area contributed by atoms with E-state index in [9.17, 15) is 4.79 Å². The number of carbonyl (C=O) groups excluding carboxylic acids is 1. The largest absolute Gasteiger partial charge is 0.351 e. The topological polar surface area (TPSA) is 85.6 Å². The Balaban J connectivity index is 1.52. The van der Waals surface area contributed by atoms with Crippen LogP contribution in [-0.2, 0) is 5.75 Å². The van der Waals surface area contributed by atoms with Crippen molar-refractivity contribution in [1.82, 2.24) is 30.0 Å². The first-order valence-corrected chi connectivity index (χ1v) is 12.9. The summed E-state index contributed by atoms with van der Waals surface area (Å²) in [4.78, 5) is 20.9. The lowest BCUT2D eigenvalue weighted by molar-refractivity contribution is 0.0948. The summed E-state index contributed by atoms with van der Waals surface area (Å²) in [6.45, 7) is 2.81. The highest BCUT2D eigenvalue weighted by Crippen LogP contribution is 2.31. The van der Waals surface area contributed by atoms with Crippen LogP contribution in [0, 0.1) is 0 Å². The minimum atomic E-state index is -0.124. The fourth-order valence-electron chi connectivity index (χ4n) is 3.17. The molecule has 1 aromatic carbocycles. The van der Waals surface area contributed by atoms with E-state index in [1.807, 2.05) is 41.0 Å². The molecule has 3 aromatic heterocycles. The molecule has 0 saturated heterocycles. The van der Waals surface area contributed by atoms with Crippen molar-refractivity contribution in [3.63, 3.8) is 0 Å². The zero-order valence-corrected chi connectivity index (χ0v) is 20.5. The molecule has 0 saturated carbocycles. The Hall–Kier alpha value is -2.75. The molecule has 1 N–H and O–H groups in total. The van der Waals surface area contributed by atoms with Gasteiger partial charge in [-0.05, 0) is 36.8 Å². The summed E-state index contributed by atoms with van der Waals surface area (Å²) >= 11 is 9.24. The van der Waals surface area contributed by atoms with Crippen LogP contribution >= 0.6 is 34.7 Å². The molecule has 0 radical (unpaired) electrons.